The molecule has 0 aliphatic carbocycles. The average Bonchev–Trinajstić information content (AvgIpc) is 3.60. The Bertz CT molecular complexity index is 2580. The van der Waals surface area contributed by atoms with Gasteiger partial charge >= 0.3 is 0 Å². The van der Waals surface area contributed by atoms with Crippen molar-refractivity contribution in [2.75, 3.05) is 0 Å². The van der Waals surface area contributed by atoms with Gasteiger partial charge in [0.2, 0.25) is 0 Å². The molecule has 0 spiro atoms. The van der Waals surface area contributed by atoms with Gasteiger partial charge in [0.05, 0.1) is 46.8 Å². The average molecular weight is 560 g/mol. The van der Waals surface area contributed by atoms with Crippen LogP contribution in [0.2, 0.25) is 0 Å². The minimum atomic E-state index is 0.561. The SMILES string of the molecule is [C-]#[N+]c1ccc(-c2ccc(-n3c4ccccc4c4cc(C#N)ccc43)cc2)c(-n2c3ccccc3c3cc([N+]#[C-])ccc32)c1. The molecule has 0 fully saturated rings. The van der Waals surface area contributed by atoms with Crippen LogP contribution in [0.25, 0.3) is 75.8 Å². The first-order valence-corrected chi connectivity index (χ1v) is 14.1. The fourth-order valence-electron chi connectivity index (χ4n) is 6.42. The summed E-state index contributed by atoms with van der Waals surface area (Å²) in [5.74, 6) is 0. The van der Waals surface area contributed by atoms with E-state index in [9.17, 15) is 5.26 Å². The van der Waals surface area contributed by atoms with Gasteiger partial charge in [0, 0.05) is 33.1 Å². The summed E-state index contributed by atoms with van der Waals surface area (Å²) in [5, 5.41) is 13.7. The molecule has 5 nitrogen and oxygen atoms in total. The predicted molar refractivity (Wildman–Crippen MR) is 178 cm³/mol. The summed E-state index contributed by atoms with van der Waals surface area (Å²) in [6, 6.07) is 44.7. The molecule has 8 rings (SSSR count). The zero-order chi connectivity index (χ0) is 29.8. The molecule has 0 aliphatic rings. The highest BCUT2D eigenvalue weighted by molar-refractivity contribution is 6.11. The summed E-state index contributed by atoms with van der Waals surface area (Å²) in [6.07, 6.45) is 0. The van der Waals surface area contributed by atoms with Gasteiger partial charge < -0.3 is 9.13 Å². The van der Waals surface area contributed by atoms with Gasteiger partial charge in [0.1, 0.15) is 0 Å². The number of nitrogens with zero attached hydrogens (tertiary/aromatic N) is 5. The molecule has 0 unspecified atom stereocenters. The second-order valence-electron chi connectivity index (χ2n) is 10.7. The van der Waals surface area contributed by atoms with Crippen LogP contribution in [0.1, 0.15) is 5.56 Å². The molecule has 0 aliphatic heterocycles. The van der Waals surface area contributed by atoms with Crippen molar-refractivity contribution in [2.45, 2.75) is 0 Å². The van der Waals surface area contributed by atoms with E-state index in [0.717, 1.165) is 66.1 Å². The van der Waals surface area contributed by atoms with E-state index in [1.165, 1.54) is 0 Å². The second kappa shape index (κ2) is 9.74. The van der Waals surface area contributed by atoms with Crippen molar-refractivity contribution < 1.29 is 0 Å². The molecule has 0 amide bonds. The van der Waals surface area contributed by atoms with E-state index < -0.39 is 0 Å². The Morgan fingerprint density at radius 2 is 1.09 bits per heavy atom. The quantitative estimate of drug-likeness (QED) is 0.199. The molecular weight excluding hydrogens is 538 g/mol. The fraction of sp³-hybridized carbons (Fsp3) is 0. The first kappa shape index (κ1) is 25.1. The molecule has 202 valence electrons. The number of para-hydroxylation sites is 2. The van der Waals surface area contributed by atoms with E-state index in [0.29, 0.717) is 16.9 Å². The predicted octanol–water partition coefficient (Wildman–Crippen LogP) is 10.5. The van der Waals surface area contributed by atoms with Crippen LogP contribution in [-0.2, 0) is 0 Å². The summed E-state index contributed by atoms with van der Waals surface area (Å²) < 4.78 is 4.44. The van der Waals surface area contributed by atoms with Crippen LogP contribution < -0.4 is 0 Å². The zero-order valence-corrected chi connectivity index (χ0v) is 23.4. The standard InChI is InChI=1S/C39H21N5/c1-41-27-15-20-38-34(22-27)32-8-4-6-10-36(32)44(38)39-23-28(42-2)14-18-30(39)26-12-16-29(17-13-26)43-35-9-5-3-7-31(35)33-21-25(24-40)11-19-37(33)43/h3-23H. The van der Waals surface area contributed by atoms with E-state index >= 15 is 0 Å². The molecule has 5 heteroatoms. The van der Waals surface area contributed by atoms with Crippen LogP contribution in [0.3, 0.4) is 0 Å². The van der Waals surface area contributed by atoms with E-state index in [1.807, 2.05) is 78.9 Å². The maximum absolute atomic E-state index is 9.51. The first-order valence-electron chi connectivity index (χ1n) is 14.1. The minimum absolute atomic E-state index is 0.561. The number of fused-ring (bicyclic) bond motifs is 6. The molecule has 0 atom stereocenters. The molecule has 2 aromatic heterocycles. The van der Waals surface area contributed by atoms with Gasteiger partial charge in [0.25, 0.3) is 0 Å². The van der Waals surface area contributed by atoms with Crippen LogP contribution >= 0.6 is 0 Å². The van der Waals surface area contributed by atoms with Crippen molar-refractivity contribution in [1.82, 2.24) is 9.13 Å². The van der Waals surface area contributed by atoms with Crippen LogP contribution in [0.15, 0.2) is 127 Å². The van der Waals surface area contributed by atoms with Gasteiger partial charge in [-0.25, -0.2) is 9.69 Å². The molecule has 8 aromatic rings. The summed E-state index contributed by atoms with van der Waals surface area (Å²) in [7, 11) is 0. The van der Waals surface area contributed by atoms with Crippen LogP contribution in [-0.4, -0.2) is 9.13 Å². The number of hydrogen-bond donors (Lipinski definition) is 0. The molecule has 0 saturated carbocycles. The van der Waals surface area contributed by atoms with Crippen LogP contribution in [0, 0.1) is 24.5 Å². The van der Waals surface area contributed by atoms with Gasteiger partial charge in [0.15, 0.2) is 11.4 Å². The maximum atomic E-state index is 9.51. The third-order valence-corrected chi connectivity index (χ3v) is 8.37. The van der Waals surface area contributed by atoms with Crippen molar-refractivity contribution >= 4 is 55.0 Å². The lowest BCUT2D eigenvalue weighted by atomic mass is 10.0. The Balaban J connectivity index is 1.34. The molecule has 0 saturated heterocycles. The summed E-state index contributed by atoms with van der Waals surface area (Å²) >= 11 is 0. The largest absolute Gasteiger partial charge is 0.310 e. The Hall–Kier alpha value is -6.61. The fourth-order valence-corrected chi connectivity index (χ4v) is 6.42. The van der Waals surface area contributed by atoms with Crippen molar-refractivity contribution in [3.05, 3.63) is 156 Å². The van der Waals surface area contributed by atoms with Crippen LogP contribution in [0.5, 0.6) is 0 Å². The Kier molecular flexibility index (Phi) is 5.56. The second-order valence-corrected chi connectivity index (χ2v) is 10.7. The third-order valence-electron chi connectivity index (χ3n) is 8.37. The van der Waals surface area contributed by atoms with Gasteiger partial charge in [-0.1, -0.05) is 66.7 Å². The van der Waals surface area contributed by atoms with E-state index in [4.69, 9.17) is 13.1 Å². The molecule has 0 bridgehead atoms. The normalized spacial score (nSPS) is 11.1. The molecule has 0 N–H and O–H groups in total. The number of rotatable bonds is 3. The third kappa shape index (κ3) is 3.70. The number of benzene rings is 6. The lowest BCUT2D eigenvalue weighted by Crippen LogP contribution is -1.98. The highest BCUT2D eigenvalue weighted by Gasteiger charge is 2.18. The summed E-state index contributed by atoms with van der Waals surface area (Å²) in [5.41, 5.74) is 9.89. The lowest BCUT2D eigenvalue weighted by molar-refractivity contribution is 1.17. The van der Waals surface area contributed by atoms with Gasteiger partial charge in [-0.3, -0.25) is 0 Å². The van der Waals surface area contributed by atoms with E-state index in [2.05, 4.69) is 73.4 Å². The first-order chi connectivity index (χ1) is 21.7. The van der Waals surface area contributed by atoms with Gasteiger partial charge in [-0.05, 0) is 71.6 Å². The molecule has 2 heterocycles. The maximum Gasteiger partial charge on any atom is 0.189 e. The smallest absolute Gasteiger partial charge is 0.189 e. The van der Waals surface area contributed by atoms with Crippen molar-refractivity contribution in [1.29, 1.82) is 5.26 Å². The minimum Gasteiger partial charge on any atom is -0.310 e. The van der Waals surface area contributed by atoms with E-state index in [-0.39, 0.29) is 0 Å². The monoisotopic (exact) mass is 559 g/mol. The van der Waals surface area contributed by atoms with E-state index in [1.54, 1.807) is 0 Å². The Morgan fingerprint density at radius 1 is 0.523 bits per heavy atom. The zero-order valence-electron chi connectivity index (χ0n) is 23.4. The van der Waals surface area contributed by atoms with Crippen molar-refractivity contribution in [3.63, 3.8) is 0 Å². The van der Waals surface area contributed by atoms with Gasteiger partial charge in [-0.2, -0.15) is 5.26 Å². The molecular formula is C39H21N5. The topological polar surface area (TPSA) is 42.4 Å². The lowest BCUT2D eigenvalue weighted by Gasteiger charge is -2.16. The summed E-state index contributed by atoms with van der Waals surface area (Å²) in [6.45, 7) is 15.3. The van der Waals surface area contributed by atoms with Gasteiger partial charge in [-0.15, -0.1) is 0 Å². The molecule has 0 radical (unpaired) electrons. The number of nitriles is 1. The highest BCUT2D eigenvalue weighted by atomic mass is 15.0. The number of aromatic nitrogens is 2. The highest BCUT2D eigenvalue weighted by Crippen LogP contribution is 2.40. The summed E-state index contributed by atoms with van der Waals surface area (Å²) in [4.78, 5) is 7.42. The number of hydrogen-bond acceptors (Lipinski definition) is 1. The molecule has 6 aromatic carbocycles. The molecule has 44 heavy (non-hydrogen) atoms. The van der Waals surface area contributed by atoms with Crippen LogP contribution in [0.4, 0.5) is 11.4 Å². The van der Waals surface area contributed by atoms with Crippen molar-refractivity contribution in [2.24, 2.45) is 0 Å². The Labute approximate surface area is 253 Å². The van der Waals surface area contributed by atoms with Crippen molar-refractivity contribution in [3.8, 4) is 28.6 Å². The Morgan fingerprint density at radius 3 is 1.80 bits per heavy atom.